The molecule has 0 heterocycles. The van der Waals surface area contributed by atoms with Gasteiger partial charge >= 0.3 is 12.0 Å². The van der Waals surface area contributed by atoms with Crippen LogP contribution in [0.15, 0.2) is 0 Å². The van der Waals surface area contributed by atoms with Crippen LogP contribution in [0.1, 0.15) is 25.7 Å². The molecule has 19 heavy (non-hydrogen) atoms. The summed E-state index contributed by atoms with van der Waals surface area (Å²) in [5.74, 6) is -0.465. The molecule has 0 aromatic heterocycles. The van der Waals surface area contributed by atoms with Crippen LogP contribution < -0.4 is 10.6 Å². The number of carbonyl (C=O) groups excluding carboxylic acids is 1. The molecule has 0 spiro atoms. The molecule has 0 atom stereocenters. The summed E-state index contributed by atoms with van der Waals surface area (Å²) in [5.41, 5.74) is 0. The number of hydrogen-bond acceptors (Lipinski definition) is 3. The normalized spacial score (nSPS) is 23.1. The summed E-state index contributed by atoms with van der Waals surface area (Å²) in [4.78, 5) is 24.3. The Bertz CT molecular complexity index is 300. The lowest BCUT2D eigenvalue weighted by Gasteiger charge is -2.26. The second-order valence-corrected chi connectivity index (χ2v) is 5.50. The first-order valence-corrected chi connectivity index (χ1v) is 6.88. The molecule has 1 aliphatic rings. The van der Waals surface area contributed by atoms with E-state index in [9.17, 15) is 9.59 Å². The van der Waals surface area contributed by atoms with Crippen molar-refractivity contribution in [2.75, 3.05) is 33.7 Å². The van der Waals surface area contributed by atoms with Crippen LogP contribution in [-0.4, -0.2) is 55.7 Å². The lowest BCUT2D eigenvalue weighted by Crippen LogP contribution is -2.41. The zero-order chi connectivity index (χ0) is 14.3. The number of carboxylic acids is 1. The number of urea groups is 1. The summed E-state index contributed by atoms with van der Waals surface area (Å²) in [6.07, 6.45) is 3.22. The van der Waals surface area contributed by atoms with Crippen molar-refractivity contribution in [2.24, 2.45) is 11.8 Å². The molecule has 110 valence electrons. The number of rotatable bonds is 6. The van der Waals surface area contributed by atoms with Crippen molar-refractivity contribution < 1.29 is 14.7 Å². The van der Waals surface area contributed by atoms with E-state index in [1.807, 2.05) is 19.0 Å². The van der Waals surface area contributed by atoms with Gasteiger partial charge in [0.1, 0.15) is 0 Å². The molecule has 1 rings (SSSR count). The van der Waals surface area contributed by atoms with Crippen molar-refractivity contribution in [1.29, 1.82) is 0 Å². The Kier molecular flexibility index (Phi) is 6.62. The highest BCUT2D eigenvalue weighted by molar-refractivity contribution is 5.73. The molecular formula is C13H25N3O3. The van der Waals surface area contributed by atoms with Crippen LogP contribution in [0.25, 0.3) is 0 Å². The minimum absolute atomic E-state index is 0.137. The molecule has 0 aromatic carbocycles. The third kappa shape index (κ3) is 6.42. The summed E-state index contributed by atoms with van der Waals surface area (Å²) < 4.78 is 0. The minimum Gasteiger partial charge on any atom is -0.481 e. The second-order valence-electron chi connectivity index (χ2n) is 5.50. The smallest absolute Gasteiger partial charge is 0.314 e. The third-order valence-electron chi connectivity index (χ3n) is 3.59. The molecule has 1 fully saturated rings. The highest BCUT2D eigenvalue weighted by Gasteiger charge is 2.25. The summed E-state index contributed by atoms with van der Waals surface area (Å²) >= 11 is 0. The summed E-state index contributed by atoms with van der Waals surface area (Å²) in [7, 11) is 3.92. The average molecular weight is 271 g/mol. The first-order chi connectivity index (χ1) is 8.99. The van der Waals surface area contributed by atoms with Gasteiger partial charge in [-0.3, -0.25) is 4.79 Å². The number of carboxylic acid groups (broad SMARTS) is 1. The molecule has 3 N–H and O–H groups in total. The summed E-state index contributed by atoms with van der Waals surface area (Å²) in [6, 6.07) is -0.137. The molecule has 2 amide bonds. The Balaban J connectivity index is 2.10. The predicted molar refractivity (Wildman–Crippen MR) is 73.0 cm³/mol. The van der Waals surface area contributed by atoms with Crippen LogP contribution in [0.2, 0.25) is 0 Å². The molecule has 1 aliphatic carbocycles. The van der Waals surface area contributed by atoms with Crippen LogP contribution in [0.4, 0.5) is 4.79 Å². The van der Waals surface area contributed by atoms with Gasteiger partial charge in [0.2, 0.25) is 0 Å². The van der Waals surface area contributed by atoms with Gasteiger partial charge in [0.25, 0.3) is 0 Å². The Morgan fingerprint density at radius 1 is 1.16 bits per heavy atom. The molecule has 0 unspecified atom stereocenters. The monoisotopic (exact) mass is 271 g/mol. The van der Waals surface area contributed by atoms with E-state index in [1.54, 1.807) is 0 Å². The van der Waals surface area contributed by atoms with E-state index >= 15 is 0 Å². The van der Waals surface area contributed by atoms with Crippen molar-refractivity contribution in [1.82, 2.24) is 15.5 Å². The maximum absolute atomic E-state index is 11.5. The molecule has 0 aliphatic heterocycles. The maximum atomic E-state index is 11.5. The number of carbonyl (C=O) groups is 2. The molecule has 1 saturated carbocycles. The number of likely N-dealkylation sites (N-methyl/N-ethyl adjacent to an activating group) is 1. The van der Waals surface area contributed by atoms with E-state index < -0.39 is 5.97 Å². The third-order valence-corrected chi connectivity index (χ3v) is 3.59. The molecule has 6 nitrogen and oxygen atoms in total. The largest absolute Gasteiger partial charge is 0.481 e. The van der Waals surface area contributed by atoms with E-state index in [0.29, 0.717) is 19.0 Å². The van der Waals surface area contributed by atoms with Gasteiger partial charge in [0, 0.05) is 19.6 Å². The van der Waals surface area contributed by atoms with Crippen LogP contribution in [-0.2, 0) is 4.79 Å². The predicted octanol–water partition coefficient (Wildman–Crippen LogP) is 0.738. The van der Waals surface area contributed by atoms with Gasteiger partial charge < -0.3 is 20.6 Å². The van der Waals surface area contributed by atoms with E-state index in [2.05, 4.69) is 10.6 Å². The van der Waals surface area contributed by atoms with E-state index in [0.717, 1.165) is 32.2 Å². The van der Waals surface area contributed by atoms with E-state index in [1.165, 1.54) is 0 Å². The van der Waals surface area contributed by atoms with Crippen LogP contribution in [0.5, 0.6) is 0 Å². The summed E-state index contributed by atoms with van der Waals surface area (Å²) in [6.45, 7) is 2.09. The topological polar surface area (TPSA) is 81.7 Å². The fourth-order valence-corrected chi connectivity index (χ4v) is 2.31. The molecule has 0 aromatic rings. The first kappa shape index (κ1) is 15.8. The Morgan fingerprint density at radius 2 is 1.79 bits per heavy atom. The molecule has 6 heteroatoms. The zero-order valence-electron chi connectivity index (χ0n) is 11.8. The lowest BCUT2D eigenvalue weighted by molar-refractivity contribution is -0.143. The van der Waals surface area contributed by atoms with Gasteiger partial charge in [-0.15, -0.1) is 0 Å². The lowest BCUT2D eigenvalue weighted by atomic mass is 9.82. The van der Waals surface area contributed by atoms with Crippen molar-refractivity contribution in [3.05, 3.63) is 0 Å². The van der Waals surface area contributed by atoms with Gasteiger partial charge in [-0.1, -0.05) is 0 Å². The van der Waals surface area contributed by atoms with E-state index in [4.69, 9.17) is 5.11 Å². The number of nitrogens with one attached hydrogen (secondary N) is 2. The number of aliphatic carboxylic acids is 1. The number of nitrogens with zero attached hydrogens (tertiary/aromatic N) is 1. The molecule has 0 bridgehead atoms. The highest BCUT2D eigenvalue weighted by Crippen LogP contribution is 2.28. The van der Waals surface area contributed by atoms with Crippen molar-refractivity contribution in [3.8, 4) is 0 Å². The Hall–Kier alpha value is -1.30. The van der Waals surface area contributed by atoms with Crippen LogP contribution in [0.3, 0.4) is 0 Å². The van der Waals surface area contributed by atoms with Crippen LogP contribution in [0, 0.1) is 11.8 Å². The number of hydrogen-bond donors (Lipinski definition) is 3. The Morgan fingerprint density at radius 3 is 2.32 bits per heavy atom. The van der Waals surface area contributed by atoms with Crippen LogP contribution >= 0.6 is 0 Å². The first-order valence-electron chi connectivity index (χ1n) is 6.88. The number of amides is 2. The zero-order valence-corrected chi connectivity index (χ0v) is 11.8. The molecule has 0 saturated heterocycles. The van der Waals surface area contributed by atoms with Crippen molar-refractivity contribution >= 4 is 12.0 Å². The fraction of sp³-hybridized carbons (Fsp3) is 0.846. The van der Waals surface area contributed by atoms with Gasteiger partial charge in [0.05, 0.1) is 5.92 Å². The van der Waals surface area contributed by atoms with Crippen molar-refractivity contribution in [2.45, 2.75) is 25.7 Å². The van der Waals surface area contributed by atoms with Gasteiger partial charge in [0.15, 0.2) is 0 Å². The SMILES string of the molecule is CN(C)CCNC(=O)NCC1CCC(C(=O)O)CC1. The molecule has 0 radical (unpaired) electrons. The highest BCUT2D eigenvalue weighted by atomic mass is 16.4. The van der Waals surface area contributed by atoms with Gasteiger partial charge in [-0.2, -0.15) is 0 Å². The van der Waals surface area contributed by atoms with Gasteiger partial charge in [-0.25, -0.2) is 4.79 Å². The second kappa shape index (κ2) is 7.99. The quantitative estimate of drug-likeness (QED) is 0.665. The minimum atomic E-state index is -0.687. The van der Waals surface area contributed by atoms with Gasteiger partial charge in [-0.05, 0) is 45.7 Å². The van der Waals surface area contributed by atoms with Crippen molar-refractivity contribution in [3.63, 3.8) is 0 Å². The average Bonchev–Trinajstić information content (AvgIpc) is 2.36. The van der Waals surface area contributed by atoms with E-state index in [-0.39, 0.29) is 11.9 Å². The Labute approximate surface area is 114 Å². The standard InChI is InChI=1S/C13H25N3O3/c1-16(2)8-7-14-13(19)15-9-10-3-5-11(6-4-10)12(17)18/h10-11H,3-9H2,1-2H3,(H,17,18)(H2,14,15,19). The summed E-state index contributed by atoms with van der Waals surface area (Å²) in [5, 5.41) is 14.5. The maximum Gasteiger partial charge on any atom is 0.314 e. The fourth-order valence-electron chi connectivity index (χ4n) is 2.31. The molecular weight excluding hydrogens is 246 g/mol.